The van der Waals surface area contributed by atoms with Crippen molar-refractivity contribution < 1.29 is 9.46 Å². The van der Waals surface area contributed by atoms with E-state index in [1.165, 1.54) is 5.82 Å². The predicted molar refractivity (Wildman–Crippen MR) is 73.5 cm³/mol. The van der Waals surface area contributed by atoms with Crippen LogP contribution in [-0.4, -0.2) is 11.1 Å². The van der Waals surface area contributed by atoms with Crippen LogP contribution in [0.3, 0.4) is 0 Å². The van der Waals surface area contributed by atoms with Crippen molar-refractivity contribution in [2.45, 2.75) is 32.6 Å². The molecule has 0 aliphatic heterocycles. The van der Waals surface area contributed by atoms with E-state index in [1.54, 1.807) is 0 Å². The van der Waals surface area contributed by atoms with Gasteiger partial charge >= 0.3 is 0 Å². The zero-order valence-electron chi connectivity index (χ0n) is 10.4. The number of aryl methyl sites for hydroxylation is 1. The molecule has 17 heavy (non-hydrogen) atoms. The molecule has 0 spiro atoms. The molecule has 0 bridgehead atoms. The smallest absolute Gasteiger partial charge is 0.222 e. The third-order valence-corrected chi connectivity index (χ3v) is 4.17. The lowest BCUT2D eigenvalue weighted by Gasteiger charge is -2.06. The minimum atomic E-state index is -3.08. The minimum absolute atomic E-state index is 0.333. The number of hydrogen-bond acceptors (Lipinski definition) is 1. The quantitative estimate of drug-likeness (QED) is 0.583. The Morgan fingerprint density at radius 1 is 1.29 bits per heavy atom. The van der Waals surface area contributed by atoms with Crippen molar-refractivity contribution in [1.82, 2.24) is 0 Å². The summed E-state index contributed by atoms with van der Waals surface area (Å²) in [5.41, 5.74) is 1.11. The van der Waals surface area contributed by atoms with Crippen molar-refractivity contribution >= 4 is 7.37 Å². The van der Waals surface area contributed by atoms with E-state index in [0.29, 0.717) is 12.6 Å². The van der Waals surface area contributed by atoms with Crippen molar-refractivity contribution in [3.63, 3.8) is 0 Å². The molecule has 0 aromatic heterocycles. The van der Waals surface area contributed by atoms with Gasteiger partial charge < -0.3 is 4.89 Å². The summed E-state index contributed by atoms with van der Waals surface area (Å²) in [6.07, 6.45) is 5.92. The van der Waals surface area contributed by atoms with Gasteiger partial charge in [0.2, 0.25) is 7.37 Å². The highest BCUT2D eigenvalue weighted by Gasteiger charge is 2.12. The Labute approximate surface area is 104 Å². The standard InChI is InChI=1S/C14H21O2P/c1-2-3-4-8-12-17(15,16)13-11-14-9-6-5-7-10-14/h5-10,12H,2-4,11,13H2,1H3,(H,15,16). The van der Waals surface area contributed by atoms with E-state index < -0.39 is 7.37 Å². The second-order valence-corrected chi connectivity index (χ2v) is 6.50. The van der Waals surface area contributed by atoms with E-state index in [2.05, 4.69) is 6.92 Å². The first-order valence-corrected chi connectivity index (χ1v) is 8.08. The molecule has 1 aromatic carbocycles. The van der Waals surface area contributed by atoms with Crippen LogP contribution in [0.15, 0.2) is 42.2 Å². The van der Waals surface area contributed by atoms with Crippen LogP contribution < -0.4 is 0 Å². The molecule has 1 atom stereocenters. The van der Waals surface area contributed by atoms with Gasteiger partial charge in [-0.25, -0.2) is 0 Å². The predicted octanol–water partition coefficient (Wildman–Crippen LogP) is 4.20. The highest BCUT2D eigenvalue weighted by molar-refractivity contribution is 7.61. The van der Waals surface area contributed by atoms with Crippen LogP contribution >= 0.6 is 7.37 Å². The van der Waals surface area contributed by atoms with Gasteiger partial charge in [-0.05, 0) is 24.2 Å². The molecule has 0 fully saturated rings. The van der Waals surface area contributed by atoms with Gasteiger partial charge in [0.1, 0.15) is 0 Å². The van der Waals surface area contributed by atoms with Crippen molar-refractivity contribution in [1.29, 1.82) is 0 Å². The summed E-state index contributed by atoms with van der Waals surface area (Å²) < 4.78 is 11.8. The molecular formula is C14H21O2P. The number of allylic oxidation sites excluding steroid dienone is 1. The van der Waals surface area contributed by atoms with Gasteiger partial charge in [-0.2, -0.15) is 0 Å². The van der Waals surface area contributed by atoms with Crippen LogP contribution in [-0.2, 0) is 11.0 Å². The van der Waals surface area contributed by atoms with Gasteiger partial charge in [-0.15, -0.1) is 0 Å². The number of unbranched alkanes of at least 4 members (excludes halogenated alkanes) is 2. The van der Waals surface area contributed by atoms with Crippen molar-refractivity contribution in [3.05, 3.63) is 47.8 Å². The number of hydrogen-bond donors (Lipinski definition) is 1. The first-order chi connectivity index (χ1) is 8.14. The zero-order chi connectivity index (χ0) is 12.6. The molecule has 0 heterocycles. The van der Waals surface area contributed by atoms with Gasteiger partial charge in [0.25, 0.3) is 0 Å². The van der Waals surface area contributed by atoms with Gasteiger partial charge in [0.05, 0.1) is 0 Å². The highest BCUT2D eigenvalue weighted by Crippen LogP contribution is 2.42. The largest absolute Gasteiger partial charge is 0.341 e. The van der Waals surface area contributed by atoms with Gasteiger partial charge in [0, 0.05) is 6.16 Å². The van der Waals surface area contributed by atoms with Crippen LogP contribution in [0.25, 0.3) is 0 Å². The maximum atomic E-state index is 11.8. The van der Waals surface area contributed by atoms with Crippen molar-refractivity contribution in [2.24, 2.45) is 0 Å². The zero-order valence-corrected chi connectivity index (χ0v) is 11.3. The van der Waals surface area contributed by atoms with Gasteiger partial charge in [-0.1, -0.05) is 56.2 Å². The van der Waals surface area contributed by atoms with E-state index in [1.807, 2.05) is 36.4 Å². The fourth-order valence-electron chi connectivity index (χ4n) is 1.57. The molecule has 2 nitrogen and oxygen atoms in total. The summed E-state index contributed by atoms with van der Waals surface area (Å²) in [5, 5.41) is 0. The summed E-state index contributed by atoms with van der Waals surface area (Å²) in [6.45, 7) is 2.11. The summed E-state index contributed by atoms with van der Waals surface area (Å²) in [5.74, 6) is 1.51. The lowest BCUT2D eigenvalue weighted by Crippen LogP contribution is -1.92. The van der Waals surface area contributed by atoms with E-state index in [0.717, 1.165) is 24.8 Å². The lowest BCUT2D eigenvalue weighted by molar-refractivity contribution is 0.488. The summed E-state index contributed by atoms with van der Waals surface area (Å²) >= 11 is 0. The van der Waals surface area contributed by atoms with Crippen molar-refractivity contribution in [2.75, 3.05) is 6.16 Å². The molecule has 94 valence electrons. The molecule has 0 radical (unpaired) electrons. The Hall–Kier alpha value is -0.850. The van der Waals surface area contributed by atoms with Crippen LogP contribution in [0.2, 0.25) is 0 Å². The Bertz CT molecular complexity index is 384. The summed E-state index contributed by atoms with van der Waals surface area (Å²) in [7, 11) is -3.08. The van der Waals surface area contributed by atoms with E-state index in [4.69, 9.17) is 0 Å². The third-order valence-electron chi connectivity index (χ3n) is 2.63. The van der Waals surface area contributed by atoms with Crippen LogP contribution in [0.1, 0.15) is 31.7 Å². The van der Waals surface area contributed by atoms with Crippen LogP contribution in [0.4, 0.5) is 0 Å². The average molecular weight is 252 g/mol. The molecule has 1 aromatic rings. The monoisotopic (exact) mass is 252 g/mol. The second-order valence-electron chi connectivity index (χ2n) is 4.24. The van der Waals surface area contributed by atoms with E-state index in [-0.39, 0.29) is 0 Å². The van der Waals surface area contributed by atoms with E-state index >= 15 is 0 Å². The van der Waals surface area contributed by atoms with E-state index in [9.17, 15) is 9.46 Å². The molecule has 1 N–H and O–H groups in total. The molecule has 1 unspecified atom stereocenters. The summed E-state index contributed by atoms with van der Waals surface area (Å²) in [6, 6.07) is 9.83. The first kappa shape index (κ1) is 14.2. The maximum absolute atomic E-state index is 11.8. The highest BCUT2D eigenvalue weighted by atomic mass is 31.2. The minimum Gasteiger partial charge on any atom is -0.341 e. The van der Waals surface area contributed by atoms with Gasteiger partial charge in [-0.3, -0.25) is 4.57 Å². The molecular weight excluding hydrogens is 231 g/mol. The molecule has 0 aliphatic carbocycles. The Balaban J connectivity index is 2.39. The summed E-state index contributed by atoms with van der Waals surface area (Å²) in [4.78, 5) is 9.74. The van der Waals surface area contributed by atoms with Crippen LogP contribution in [0, 0.1) is 0 Å². The molecule has 0 aliphatic rings. The molecule has 0 amide bonds. The topological polar surface area (TPSA) is 37.3 Å². The molecule has 3 heteroatoms. The Morgan fingerprint density at radius 3 is 2.65 bits per heavy atom. The Kier molecular flexibility index (Phi) is 6.25. The van der Waals surface area contributed by atoms with Gasteiger partial charge in [0.15, 0.2) is 0 Å². The normalized spacial score (nSPS) is 14.9. The first-order valence-electron chi connectivity index (χ1n) is 6.17. The number of rotatable bonds is 7. The second kappa shape index (κ2) is 7.47. The maximum Gasteiger partial charge on any atom is 0.222 e. The lowest BCUT2D eigenvalue weighted by atomic mass is 10.2. The molecule has 0 saturated carbocycles. The molecule has 0 saturated heterocycles. The Morgan fingerprint density at radius 2 is 2.00 bits per heavy atom. The fourth-order valence-corrected chi connectivity index (χ4v) is 2.78. The van der Waals surface area contributed by atoms with Crippen molar-refractivity contribution in [3.8, 4) is 0 Å². The third kappa shape index (κ3) is 6.45. The average Bonchev–Trinajstić information content (AvgIpc) is 2.34. The molecule has 1 rings (SSSR count). The van der Waals surface area contributed by atoms with Crippen LogP contribution in [0.5, 0.6) is 0 Å². The fraction of sp³-hybridized carbons (Fsp3) is 0.429. The SMILES string of the molecule is CCCCC=CP(=O)(O)CCc1ccccc1. The number of benzene rings is 1.